The highest BCUT2D eigenvalue weighted by atomic mass is 16.5. The van der Waals surface area contributed by atoms with Crippen LogP contribution in [0.15, 0.2) is 48.5 Å². The number of amides is 2. The van der Waals surface area contributed by atoms with Crippen LogP contribution < -0.4 is 15.4 Å². The quantitative estimate of drug-likeness (QED) is 0.680. The third-order valence-electron chi connectivity index (χ3n) is 4.06. The Morgan fingerprint density at radius 3 is 2.38 bits per heavy atom. The summed E-state index contributed by atoms with van der Waals surface area (Å²) in [7, 11) is 0. The van der Waals surface area contributed by atoms with Crippen molar-refractivity contribution < 1.29 is 14.3 Å². The molecule has 0 radical (unpaired) electrons. The lowest BCUT2D eigenvalue weighted by Gasteiger charge is -2.09. The van der Waals surface area contributed by atoms with Crippen LogP contribution in [0.5, 0.6) is 5.75 Å². The number of aryl methyl sites for hydroxylation is 2. The van der Waals surface area contributed by atoms with Gasteiger partial charge in [-0.15, -0.1) is 0 Å². The van der Waals surface area contributed by atoms with E-state index in [1.165, 1.54) is 0 Å². The van der Waals surface area contributed by atoms with E-state index < -0.39 is 0 Å². The van der Waals surface area contributed by atoms with E-state index in [2.05, 4.69) is 10.6 Å². The van der Waals surface area contributed by atoms with Crippen molar-refractivity contribution in [3.05, 3.63) is 65.2 Å². The highest BCUT2D eigenvalue weighted by molar-refractivity contribution is 5.94. The topological polar surface area (TPSA) is 67.4 Å². The second kappa shape index (κ2) is 10.2. The number of benzene rings is 2. The molecule has 0 saturated carbocycles. The molecule has 0 aliphatic carbocycles. The summed E-state index contributed by atoms with van der Waals surface area (Å²) in [5, 5.41) is 5.61. The van der Waals surface area contributed by atoms with Gasteiger partial charge in [-0.05, 0) is 55.7 Å². The van der Waals surface area contributed by atoms with E-state index in [4.69, 9.17) is 4.74 Å². The van der Waals surface area contributed by atoms with Crippen LogP contribution in [-0.2, 0) is 4.79 Å². The van der Waals surface area contributed by atoms with E-state index in [0.717, 1.165) is 16.9 Å². The number of hydrogen-bond donors (Lipinski definition) is 2. The predicted octanol–water partition coefficient (Wildman–Crippen LogP) is 3.01. The zero-order chi connectivity index (χ0) is 18.8. The van der Waals surface area contributed by atoms with Crippen molar-refractivity contribution in [2.24, 2.45) is 0 Å². The maximum atomic E-state index is 12.1. The molecule has 0 saturated heterocycles. The summed E-state index contributed by atoms with van der Waals surface area (Å²) in [5.41, 5.74) is 2.88. The van der Waals surface area contributed by atoms with Gasteiger partial charge in [0, 0.05) is 25.1 Å². The van der Waals surface area contributed by atoms with E-state index in [1.807, 2.05) is 62.4 Å². The van der Waals surface area contributed by atoms with Crippen LogP contribution in [0.4, 0.5) is 0 Å². The summed E-state index contributed by atoms with van der Waals surface area (Å²) in [6, 6.07) is 15.1. The van der Waals surface area contributed by atoms with Crippen molar-refractivity contribution in [3.63, 3.8) is 0 Å². The molecule has 0 aliphatic heterocycles. The second-order valence-electron chi connectivity index (χ2n) is 6.17. The predicted molar refractivity (Wildman–Crippen MR) is 102 cm³/mol. The van der Waals surface area contributed by atoms with Gasteiger partial charge < -0.3 is 15.4 Å². The average Bonchev–Trinajstić information content (AvgIpc) is 2.65. The van der Waals surface area contributed by atoms with Crippen LogP contribution in [0.1, 0.15) is 34.3 Å². The van der Waals surface area contributed by atoms with Crippen molar-refractivity contribution in [2.75, 3.05) is 19.7 Å². The fourth-order valence-electron chi connectivity index (χ4n) is 2.39. The Labute approximate surface area is 154 Å². The van der Waals surface area contributed by atoms with Crippen LogP contribution in [0.3, 0.4) is 0 Å². The number of carbonyl (C=O) groups is 2. The van der Waals surface area contributed by atoms with Gasteiger partial charge >= 0.3 is 0 Å². The first-order valence-electron chi connectivity index (χ1n) is 8.86. The molecule has 2 rings (SSSR count). The van der Waals surface area contributed by atoms with E-state index in [9.17, 15) is 9.59 Å². The molecule has 0 spiro atoms. The number of carbonyl (C=O) groups excluding carboxylic acids is 2. The maximum Gasteiger partial charge on any atom is 0.251 e. The average molecular weight is 354 g/mol. The van der Waals surface area contributed by atoms with Gasteiger partial charge in [0.1, 0.15) is 5.75 Å². The summed E-state index contributed by atoms with van der Waals surface area (Å²) in [4.78, 5) is 23.8. The Hall–Kier alpha value is -2.82. The number of rotatable bonds is 9. The Balaban J connectivity index is 1.56. The normalized spacial score (nSPS) is 10.2. The van der Waals surface area contributed by atoms with Crippen LogP contribution in [0.2, 0.25) is 0 Å². The van der Waals surface area contributed by atoms with Gasteiger partial charge in [0.15, 0.2) is 0 Å². The minimum Gasteiger partial charge on any atom is -0.494 e. The molecule has 2 N–H and O–H groups in total. The highest BCUT2D eigenvalue weighted by Gasteiger charge is 2.06. The molecule has 0 bridgehead atoms. The molecule has 5 nitrogen and oxygen atoms in total. The van der Waals surface area contributed by atoms with Gasteiger partial charge in [-0.2, -0.15) is 0 Å². The monoisotopic (exact) mass is 354 g/mol. The van der Waals surface area contributed by atoms with Gasteiger partial charge in [0.05, 0.1) is 6.61 Å². The van der Waals surface area contributed by atoms with Gasteiger partial charge in [-0.25, -0.2) is 0 Å². The highest BCUT2D eigenvalue weighted by Crippen LogP contribution is 2.10. The minimum absolute atomic E-state index is 0.0397. The van der Waals surface area contributed by atoms with Crippen molar-refractivity contribution in [3.8, 4) is 5.75 Å². The fourth-order valence-corrected chi connectivity index (χ4v) is 2.39. The Morgan fingerprint density at radius 2 is 1.65 bits per heavy atom. The second-order valence-corrected chi connectivity index (χ2v) is 6.17. The Kier molecular flexibility index (Phi) is 7.68. The molecule has 0 unspecified atom stereocenters. The van der Waals surface area contributed by atoms with Crippen LogP contribution in [0, 0.1) is 13.8 Å². The zero-order valence-electron chi connectivity index (χ0n) is 15.4. The minimum atomic E-state index is -0.126. The Bertz CT molecular complexity index is 729. The lowest BCUT2D eigenvalue weighted by atomic mass is 10.1. The molecular formula is C21H26N2O3. The van der Waals surface area contributed by atoms with Crippen molar-refractivity contribution >= 4 is 11.8 Å². The summed E-state index contributed by atoms with van der Waals surface area (Å²) < 4.78 is 5.54. The number of nitrogens with one attached hydrogen (secondary N) is 2. The van der Waals surface area contributed by atoms with E-state index >= 15 is 0 Å². The summed E-state index contributed by atoms with van der Waals surface area (Å²) in [6.07, 6.45) is 1.05. The molecule has 2 aromatic carbocycles. The molecule has 26 heavy (non-hydrogen) atoms. The SMILES string of the molecule is Cc1ccc(C(=O)NCCNC(=O)CCCOc2ccccc2)cc1C. The molecule has 2 amide bonds. The first-order chi connectivity index (χ1) is 12.6. The summed E-state index contributed by atoms with van der Waals surface area (Å²) in [5.74, 6) is 0.641. The van der Waals surface area contributed by atoms with Crippen LogP contribution >= 0.6 is 0 Å². The molecule has 0 fully saturated rings. The van der Waals surface area contributed by atoms with Crippen LogP contribution in [0.25, 0.3) is 0 Å². The van der Waals surface area contributed by atoms with Crippen molar-refractivity contribution in [1.29, 1.82) is 0 Å². The molecule has 5 heteroatoms. The maximum absolute atomic E-state index is 12.1. The number of hydrogen-bond acceptors (Lipinski definition) is 3. The third kappa shape index (κ3) is 6.59. The molecule has 138 valence electrons. The molecule has 0 aromatic heterocycles. The smallest absolute Gasteiger partial charge is 0.251 e. The first kappa shape index (κ1) is 19.5. The summed E-state index contributed by atoms with van der Waals surface area (Å²) >= 11 is 0. The fraction of sp³-hybridized carbons (Fsp3) is 0.333. The molecular weight excluding hydrogens is 328 g/mol. The van der Waals surface area contributed by atoms with Crippen LogP contribution in [-0.4, -0.2) is 31.5 Å². The standard InChI is InChI=1S/C21H26N2O3/c1-16-10-11-18(15-17(16)2)21(25)23-13-12-22-20(24)9-6-14-26-19-7-4-3-5-8-19/h3-5,7-8,10-11,15H,6,9,12-14H2,1-2H3,(H,22,24)(H,23,25). The van der Waals surface area contributed by atoms with Gasteiger partial charge in [0.2, 0.25) is 5.91 Å². The van der Waals surface area contributed by atoms with Gasteiger partial charge in [-0.3, -0.25) is 9.59 Å². The first-order valence-corrected chi connectivity index (χ1v) is 8.86. The van der Waals surface area contributed by atoms with Gasteiger partial charge in [0.25, 0.3) is 5.91 Å². The van der Waals surface area contributed by atoms with Crippen molar-refractivity contribution in [2.45, 2.75) is 26.7 Å². The lowest BCUT2D eigenvalue weighted by molar-refractivity contribution is -0.121. The zero-order valence-corrected chi connectivity index (χ0v) is 15.4. The Morgan fingerprint density at radius 1 is 0.923 bits per heavy atom. The molecule has 0 heterocycles. The largest absolute Gasteiger partial charge is 0.494 e. The summed E-state index contributed by atoms with van der Waals surface area (Å²) in [6.45, 7) is 5.30. The molecule has 0 atom stereocenters. The van der Waals surface area contributed by atoms with Crippen molar-refractivity contribution in [1.82, 2.24) is 10.6 Å². The van der Waals surface area contributed by atoms with E-state index in [0.29, 0.717) is 38.1 Å². The van der Waals surface area contributed by atoms with E-state index in [-0.39, 0.29) is 11.8 Å². The third-order valence-corrected chi connectivity index (χ3v) is 4.06. The molecule has 0 aliphatic rings. The number of ether oxygens (including phenoxy) is 1. The number of para-hydroxylation sites is 1. The lowest BCUT2D eigenvalue weighted by Crippen LogP contribution is -2.34. The van der Waals surface area contributed by atoms with E-state index in [1.54, 1.807) is 0 Å². The van der Waals surface area contributed by atoms with Gasteiger partial charge in [-0.1, -0.05) is 24.3 Å². The molecule has 2 aromatic rings.